The van der Waals surface area contributed by atoms with Gasteiger partial charge >= 0.3 is 6.03 Å². The van der Waals surface area contributed by atoms with Crippen molar-refractivity contribution in [2.24, 2.45) is 0 Å². The van der Waals surface area contributed by atoms with Gasteiger partial charge in [0.2, 0.25) is 0 Å². The van der Waals surface area contributed by atoms with E-state index >= 15 is 0 Å². The first kappa shape index (κ1) is 14.3. The molecule has 22 heavy (non-hydrogen) atoms. The van der Waals surface area contributed by atoms with E-state index in [9.17, 15) is 4.79 Å². The molecule has 6 heteroatoms. The van der Waals surface area contributed by atoms with Gasteiger partial charge in [0, 0.05) is 24.8 Å². The fraction of sp³-hybridized carbons (Fsp3) is 0.0625. The Kier molecular flexibility index (Phi) is 3.65. The molecule has 3 aromatic heterocycles. The van der Waals surface area contributed by atoms with Crippen LogP contribution in [0.4, 0.5) is 10.5 Å². The largest absolute Gasteiger partial charge is 0.333 e. The van der Waals surface area contributed by atoms with Crippen LogP contribution in [0.3, 0.4) is 0 Å². The van der Waals surface area contributed by atoms with Crippen LogP contribution in [0.25, 0.3) is 0 Å². The van der Waals surface area contributed by atoms with Crippen molar-refractivity contribution >= 4 is 24.1 Å². The molecule has 5 nitrogen and oxygen atoms in total. The van der Waals surface area contributed by atoms with Crippen LogP contribution in [-0.4, -0.2) is 20.6 Å². The number of rotatable bonds is 2. The minimum Gasteiger partial charge on any atom is -0.279 e. The number of hydrogen-bond donors (Lipinski definition) is 0. The first-order chi connectivity index (χ1) is 10.4. The van der Waals surface area contributed by atoms with Crippen molar-refractivity contribution in [2.45, 2.75) is 6.04 Å². The molecule has 4 heterocycles. The summed E-state index contributed by atoms with van der Waals surface area (Å²) in [5.41, 5.74) is 2.70. The van der Waals surface area contributed by atoms with Crippen LogP contribution in [0.2, 0.25) is 0 Å². The summed E-state index contributed by atoms with van der Waals surface area (Å²) >= 11 is 0. The summed E-state index contributed by atoms with van der Waals surface area (Å²) in [6, 6.07) is 11.2. The van der Waals surface area contributed by atoms with Crippen molar-refractivity contribution in [1.29, 1.82) is 0 Å². The third-order valence-electron chi connectivity index (χ3n) is 3.66. The van der Waals surface area contributed by atoms with E-state index in [0.29, 0.717) is 0 Å². The van der Waals surface area contributed by atoms with Crippen LogP contribution in [0, 0.1) is 0 Å². The van der Waals surface area contributed by atoms with Crippen LogP contribution in [-0.2, 0) is 0 Å². The molecule has 0 bridgehead atoms. The van der Waals surface area contributed by atoms with Gasteiger partial charge in [-0.3, -0.25) is 19.4 Å². The molecular weight excluding hydrogens is 300 g/mol. The fourth-order valence-electron chi connectivity index (χ4n) is 2.76. The molecule has 0 aromatic carbocycles. The molecule has 1 atom stereocenters. The summed E-state index contributed by atoms with van der Waals surface area (Å²) < 4.78 is 1.67. The molecule has 0 N–H and O–H groups in total. The topological polar surface area (TPSA) is 51.0 Å². The van der Waals surface area contributed by atoms with E-state index in [1.54, 1.807) is 40.5 Å². The summed E-state index contributed by atoms with van der Waals surface area (Å²) in [4.78, 5) is 22.7. The van der Waals surface area contributed by atoms with Crippen LogP contribution in [0.1, 0.15) is 17.3 Å². The lowest BCUT2D eigenvalue weighted by Gasteiger charge is -2.23. The molecule has 1 amide bonds. The Balaban J connectivity index is 0.00000144. The lowest BCUT2D eigenvalue weighted by atomic mass is 10.1. The highest BCUT2D eigenvalue weighted by Crippen LogP contribution is 2.38. The molecule has 3 aromatic rings. The predicted octanol–water partition coefficient (Wildman–Crippen LogP) is 3.28. The highest BCUT2D eigenvalue weighted by atomic mass is 35.5. The molecule has 1 aliphatic heterocycles. The van der Waals surface area contributed by atoms with Gasteiger partial charge in [0.15, 0.2) is 0 Å². The second-order valence-electron chi connectivity index (χ2n) is 4.86. The van der Waals surface area contributed by atoms with Crippen LogP contribution in [0.15, 0.2) is 67.4 Å². The summed E-state index contributed by atoms with van der Waals surface area (Å²) in [6.45, 7) is 0. The first-order valence-corrected chi connectivity index (χ1v) is 6.67. The molecule has 0 saturated carbocycles. The van der Waals surface area contributed by atoms with Crippen molar-refractivity contribution in [3.8, 4) is 0 Å². The number of amides is 1. The smallest absolute Gasteiger partial charge is 0.279 e. The highest BCUT2D eigenvalue weighted by Gasteiger charge is 2.38. The molecule has 4 rings (SSSR count). The van der Waals surface area contributed by atoms with Crippen molar-refractivity contribution in [3.63, 3.8) is 0 Å². The zero-order valence-electron chi connectivity index (χ0n) is 11.5. The quantitative estimate of drug-likeness (QED) is 0.729. The molecule has 0 aliphatic carbocycles. The summed E-state index contributed by atoms with van der Waals surface area (Å²) in [5, 5.41) is 0. The SMILES string of the molecule is Cl.O=C1N(c2cccnc2)C(c2cccnc2)c2cccn21. The van der Waals surface area contributed by atoms with Gasteiger partial charge in [-0.1, -0.05) is 6.07 Å². The van der Waals surface area contributed by atoms with Gasteiger partial charge in [0.25, 0.3) is 0 Å². The first-order valence-electron chi connectivity index (χ1n) is 6.67. The van der Waals surface area contributed by atoms with Gasteiger partial charge in [-0.2, -0.15) is 0 Å². The predicted molar refractivity (Wildman–Crippen MR) is 85.3 cm³/mol. The molecular formula is C16H13ClN4O. The number of fused-ring (bicyclic) bond motifs is 1. The number of carbonyl (C=O) groups excluding carboxylic acids is 1. The van der Waals surface area contributed by atoms with E-state index in [-0.39, 0.29) is 24.5 Å². The minimum atomic E-state index is -0.176. The molecule has 0 saturated heterocycles. The number of nitrogens with zero attached hydrogens (tertiary/aromatic N) is 4. The second kappa shape index (κ2) is 5.61. The standard InChI is InChI=1S/C16H12N4O.ClH/c21-16-19-9-3-6-14(19)15(12-4-1-7-17-10-12)20(16)13-5-2-8-18-11-13;/h1-11,15H;1H. The second-order valence-corrected chi connectivity index (χ2v) is 4.86. The van der Waals surface area contributed by atoms with E-state index in [2.05, 4.69) is 9.97 Å². The minimum absolute atomic E-state index is 0. The molecule has 1 aliphatic rings. The Labute approximate surface area is 133 Å². The van der Waals surface area contributed by atoms with E-state index in [0.717, 1.165) is 16.9 Å². The van der Waals surface area contributed by atoms with Crippen LogP contribution in [0.5, 0.6) is 0 Å². The van der Waals surface area contributed by atoms with Crippen LogP contribution >= 0.6 is 12.4 Å². The van der Waals surface area contributed by atoms with Crippen molar-refractivity contribution in [3.05, 3.63) is 78.6 Å². The van der Waals surface area contributed by atoms with Gasteiger partial charge < -0.3 is 0 Å². The highest BCUT2D eigenvalue weighted by molar-refractivity contribution is 5.98. The van der Waals surface area contributed by atoms with E-state index in [4.69, 9.17) is 0 Å². The molecule has 0 spiro atoms. The number of pyridine rings is 2. The average molecular weight is 313 g/mol. The fourth-order valence-corrected chi connectivity index (χ4v) is 2.76. The van der Waals surface area contributed by atoms with Crippen molar-refractivity contribution in [2.75, 3.05) is 4.90 Å². The number of halogens is 1. The third kappa shape index (κ3) is 2.07. The van der Waals surface area contributed by atoms with Crippen molar-refractivity contribution < 1.29 is 4.79 Å². The van der Waals surface area contributed by atoms with Crippen LogP contribution < -0.4 is 4.90 Å². The van der Waals surface area contributed by atoms with Gasteiger partial charge in [-0.15, -0.1) is 12.4 Å². The third-order valence-corrected chi connectivity index (χ3v) is 3.66. The molecule has 0 fully saturated rings. The van der Waals surface area contributed by atoms with Gasteiger partial charge in [-0.05, 0) is 35.9 Å². The van der Waals surface area contributed by atoms with Gasteiger partial charge in [0.05, 0.1) is 17.6 Å². The number of aromatic nitrogens is 3. The Morgan fingerprint density at radius 2 is 1.73 bits per heavy atom. The maximum Gasteiger partial charge on any atom is 0.333 e. The normalized spacial score (nSPS) is 16.3. The lowest BCUT2D eigenvalue weighted by molar-refractivity contribution is 0.250. The van der Waals surface area contributed by atoms with E-state index < -0.39 is 0 Å². The Bertz CT molecular complexity index is 788. The molecule has 1 unspecified atom stereocenters. The summed E-state index contributed by atoms with van der Waals surface area (Å²) in [6.07, 6.45) is 8.71. The molecule has 110 valence electrons. The van der Waals surface area contributed by atoms with E-state index in [1.165, 1.54) is 0 Å². The molecule has 0 radical (unpaired) electrons. The van der Waals surface area contributed by atoms with E-state index in [1.807, 2.05) is 36.4 Å². The number of anilines is 1. The number of hydrogen-bond acceptors (Lipinski definition) is 3. The maximum atomic E-state index is 12.7. The summed E-state index contributed by atoms with van der Waals surface area (Å²) in [5.74, 6) is 0. The number of carbonyl (C=O) groups is 1. The Hall–Kier alpha value is -2.66. The zero-order valence-corrected chi connectivity index (χ0v) is 12.4. The lowest BCUT2D eigenvalue weighted by Crippen LogP contribution is -2.29. The Morgan fingerprint density at radius 1 is 0.955 bits per heavy atom. The van der Waals surface area contributed by atoms with Gasteiger partial charge in [-0.25, -0.2) is 4.79 Å². The summed E-state index contributed by atoms with van der Waals surface area (Å²) in [7, 11) is 0. The Morgan fingerprint density at radius 3 is 2.41 bits per heavy atom. The average Bonchev–Trinajstić information content (AvgIpc) is 3.11. The van der Waals surface area contributed by atoms with Crippen molar-refractivity contribution in [1.82, 2.24) is 14.5 Å². The van der Waals surface area contributed by atoms with Gasteiger partial charge in [0.1, 0.15) is 6.04 Å². The maximum absolute atomic E-state index is 12.7. The zero-order chi connectivity index (χ0) is 14.2. The monoisotopic (exact) mass is 312 g/mol.